The molecule has 0 heterocycles. The van der Waals surface area contributed by atoms with Gasteiger partial charge in [0, 0.05) is 6.42 Å². The van der Waals surface area contributed by atoms with E-state index in [1.807, 2.05) is 13.0 Å². The molecule has 1 fully saturated rings. The van der Waals surface area contributed by atoms with Crippen molar-refractivity contribution in [3.63, 3.8) is 0 Å². The van der Waals surface area contributed by atoms with Crippen LogP contribution < -0.4 is 0 Å². The van der Waals surface area contributed by atoms with Crippen LogP contribution in [0.1, 0.15) is 40.0 Å². The fourth-order valence-electron chi connectivity index (χ4n) is 3.00. The second kappa shape index (κ2) is 3.62. The smallest absolute Gasteiger partial charge is 0.159 e. The van der Waals surface area contributed by atoms with Gasteiger partial charge in [0.15, 0.2) is 5.78 Å². The first-order chi connectivity index (χ1) is 7.09. The number of carbonyl (C=O) groups is 1. The molecule has 0 aliphatic heterocycles. The average molecular weight is 204 g/mol. The highest BCUT2D eigenvalue weighted by Crippen LogP contribution is 2.66. The van der Waals surface area contributed by atoms with Gasteiger partial charge in [-0.25, -0.2) is 0 Å². The summed E-state index contributed by atoms with van der Waals surface area (Å²) in [5, 5.41) is 0. The number of hydrogen-bond donors (Lipinski definition) is 0. The number of carbonyl (C=O) groups excluding carboxylic acids is 1. The van der Waals surface area contributed by atoms with E-state index in [0.29, 0.717) is 23.5 Å². The number of fused-ring (bicyclic) bond motifs is 1. The van der Waals surface area contributed by atoms with Gasteiger partial charge in [-0.1, -0.05) is 32.1 Å². The lowest BCUT2D eigenvalue weighted by Crippen LogP contribution is -2.06. The Morgan fingerprint density at radius 3 is 2.87 bits per heavy atom. The van der Waals surface area contributed by atoms with Gasteiger partial charge in [0.2, 0.25) is 0 Å². The first-order valence-electron chi connectivity index (χ1n) is 5.93. The van der Waals surface area contributed by atoms with Crippen LogP contribution in [0.15, 0.2) is 23.8 Å². The number of hydrogen-bond acceptors (Lipinski definition) is 1. The molecule has 2 rings (SSSR count). The number of allylic oxidation sites excluding steroid dienone is 4. The molecule has 15 heavy (non-hydrogen) atoms. The van der Waals surface area contributed by atoms with Crippen molar-refractivity contribution < 1.29 is 4.79 Å². The molecule has 0 radical (unpaired) electrons. The molecule has 0 aromatic carbocycles. The van der Waals surface area contributed by atoms with Gasteiger partial charge >= 0.3 is 0 Å². The van der Waals surface area contributed by atoms with Crippen molar-refractivity contribution in [3.05, 3.63) is 23.8 Å². The molecule has 1 nitrogen and oxygen atoms in total. The van der Waals surface area contributed by atoms with Gasteiger partial charge < -0.3 is 0 Å². The summed E-state index contributed by atoms with van der Waals surface area (Å²) in [4.78, 5) is 11.9. The second-order valence-corrected chi connectivity index (χ2v) is 5.33. The van der Waals surface area contributed by atoms with Crippen molar-refractivity contribution >= 4 is 5.78 Å². The standard InChI is InChI=1S/C14H20O/c1-4-5-6-7-12(15)10-8-9-11-13(10)14(11,2)3/h4-5,8,11,13H,6-7,9H2,1-3H3/b5-4+. The summed E-state index contributed by atoms with van der Waals surface area (Å²) in [6.07, 6.45) is 8.98. The topological polar surface area (TPSA) is 17.1 Å². The lowest BCUT2D eigenvalue weighted by molar-refractivity contribution is -0.115. The van der Waals surface area contributed by atoms with Crippen LogP contribution in [-0.4, -0.2) is 5.78 Å². The Labute approximate surface area is 92.3 Å². The van der Waals surface area contributed by atoms with E-state index in [0.717, 1.165) is 24.3 Å². The normalized spacial score (nSPS) is 31.5. The maximum absolute atomic E-state index is 11.9. The molecule has 0 saturated heterocycles. The van der Waals surface area contributed by atoms with Crippen molar-refractivity contribution in [3.8, 4) is 0 Å². The monoisotopic (exact) mass is 204 g/mol. The highest BCUT2D eigenvalue weighted by atomic mass is 16.1. The third kappa shape index (κ3) is 1.68. The quantitative estimate of drug-likeness (QED) is 0.640. The minimum Gasteiger partial charge on any atom is -0.295 e. The maximum atomic E-state index is 11.9. The Hall–Kier alpha value is -0.850. The Morgan fingerprint density at radius 2 is 2.33 bits per heavy atom. The minimum atomic E-state index is 0.381. The third-order valence-corrected chi connectivity index (χ3v) is 4.07. The summed E-state index contributed by atoms with van der Waals surface area (Å²) in [6.45, 7) is 6.57. The number of Topliss-reactive ketones (excluding diaryl/α,β-unsaturated/α-hetero) is 1. The van der Waals surface area contributed by atoms with Crippen LogP contribution in [0.3, 0.4) is 0 Å². The number of rotatable bonds is 4. The molecule has 0 N–H and O–H groups in total. The van der Waals surface area contributed by atoms with E-state index in [1.165, 1.54) is 0 Å². The molecule has 0 bridgehead atoms. The fraction of sp³-hybridized carbons (Fsp3) is 0.643. The molecule has 82 valence electrons. The lowest BCUT2D eigenvalue weighted by Gasteiger charge is -2.08. The van der Waals surface area contributed by atoms with Gasteiger partial charge in [-0.2, -0.15) is 0 Å². The summed E-state index contributed by atoms with van der Waals surface area (Å²) in [7, 11) is 0. The van der Waals surface area contributed by atoms with E-state index in [2.05, 4.69) is 26.0 Å². The van der Waals surface area contributed by atoms with Crippen LogP contribution >= 0.6 is 0 Å². The Morgan fingerprint density at radius 1 is 1.60 bits per heavy atom. The van der Waals surface area contributed by atoms with E-state index < -0.39 is 0 Å². The first-order valence-corrected chi connectivity index (χ1v) is 5.93. The molecule has 2 unspecified atom stereocenters. The summed E-state index contributed by atoms with van der Waals surface area (Å²) < 4.78 is 0. The molecule has 2 aliphatic carbocycles. The van der Waals surface area contributed by atoms with Crippen LogP contribution in [0, 0.1) is 17.3 Å². The van der Waals surface area contributed by atoms with E-state index in [1.54, 1.807) is 0 Å². The van der Waals surface area contributed by atoms with Crippen LogP contribution in [-0.2, 0) is 4.79 Å². The van der Waals surface area contributed by atoms with E-state index in [4.69, 9.17) is 0 Å². The molecule has 2 atom stereocenters. The summed E-state index contributed by atoms with van der Waals surface area (Å²) >= 11 is 0. The van der Waals surface area contributed by atoms with Crippen molar-refractivity contribution in [2.75, 3.05) is 0 Å². The van der Waals surface area contributed by atoms with Gasteiger partial charge in [0.1, 0.15) is 0 Å². The SMILES string of the molecule is C/C=C/CCC(=O)C1=CCC2C1C2(C)C. The summed E-state index contributed by atoms with van der Waals surface area (Å²) in [5.74, 6) is 1.72. The highest BCUT2D eigenvalue weighted by Gasteiger charge is 2.61. The van der Waals surface area contributed by atoms with E-state index >= 15 is 0 Å². The fourth-order valence-corrected chi connectivity index (χ4v) is 3.00. The Balaban J connectivity index is 1.93. The van der Waals surface area contributed by atoms with Crippen LogP contribution in [0.2, 0.25) is 0 Å². The molecule has 1 saturated carbocycles. The molecule has 0 spiro atoms. The summed E-state index contributed by atoms with van der Waals surface area (Å²) in [6, 6.07) is 0. The van der Waals surface area contributed by atoms with Gasteiger partial charge in [-0.3, -0.25) is 4.79 Å². The van der Waals surface area contributed by atoms with Crippen molar-refractivity contribution in [1.29, 1.82) is 0 Å². The second-order valence-electron chi connectivity index (χ2n) is 5.33. The third-order valence-electron chi connectivity index (χ3n) is 4.07. The molecule has 2 aliphatic rings. The Bertz CT molecular complexity index is 333. The van der Waals surface area contributed by atoms with Crippen LogP contribution in [0.25, 0.3) is 0 Å². The van der Waals surface area contributed by atoms with Gasteiger partial charge in [0.05, 0.1) is 0 Å². The van der Waals surface area contributed by atoms with E-state index in [9.17, 15) is 4.79 Å². The van der Waals surface area contributed by atoms with Crippen molar-refractivity contribution in [1.82, 2.24) is 0 Å². The zero-order chi connectivity index (χ0) is 11.1. The summed E-state index contributed by atoms with van der Waals surface area (Å²) in [5.41, 5.74) is 1.54. The van der Waals surface area contributed by atoms with Gasteiger partial charge in [-0.15, -0.1) is 0 Å². The van der Waals surface area contributed by atoms with Crippen molar-refractivity contribution in [2.24, 2.45) is 17.3 Å². The molecule has 0 amide bonds. The molecule has 1 heteroatoms. The molecule has 0 aromatic rings. The Kier molecular flexibility index (Phi) is 2.57. The zero-order valence-electron chi connectivity index (χ0n) is 9.92. The van der Waals surface area contributed by atoms with Gasteiger partial charge in [-0.05, 0) is 42.6 Å². The van der Waals surface area contributed by atoms with Crippen LogP contribution in [0.5, 0.6) is 0 Å². The minimum absolute atomic E-state index is 0.381. The number of ketones is 1. The average Bonchev–Trinajstić information content (AvgIpc) is 2.63. The molecule has 0 aromatic heterocycles. The van der Waals surface area contributed by atoms with Gasteiger partial charge in [0.25, 0.3) is 0 Å². The van der Waals surface area contributed by atoms with Crippen LogP contribution in [0.4, 0.5) is 0 Å². The maximum Gasteiger partial charge on any atom is 0.159 e. The lowest BCUT2D eigenvalue weighted by atomic mass is 9.96. The van der Waals surface area contributed by atoms with Crippen molar-refractivity contribution in [2.45, 2.75) is 40.0 Å². The van der Waals surface area contributed by atoms with E-state index in [-0.39, 0.29) is 0 Å². The molecular formula is C14H20O. The largest absolute Gasteiger partial charge is 0.295 e. The zero-order valence-corrected chi connectivity index (χ0v) is 9.92. The first kappa shape index (κ1) is 10.7. The highest BCUT2D eigenvalue weighted by molar-refractivity contribution is 5.97. The predicted octanol–water partition coefficient (Wildman–Crippen LogP) is 3.51. The predicted molar refractivity (Wildman–Crippen MR) is 62.5 cm³/mol. The molecular weight excluding hydrogens is 184 g/mol.